The van der Waals surface area contributed by atoms with Gasteiger partial charge in [0, 0.05) is 25.5 Å². The number of rotatable bonds is 4. The van der Waals surface area contributed by atoms with Crippen molar-refractivity contribution in [2.75, 3.05) is 6.54 Å². The van der Waals surface area contributed by atoms with Crippen LogP contribution in [0.2, 0.25) is 0 Å². The van der Waals surface area contributed by atoms with Gasteiger partial charge in [0.25, 0.3) is 0 Å². The molecule has 0 atom stereocenters. The molecule has 0 fully saturated rings. The Hall–Kier alpha value is -1.61. The van der Waals surface area contributed by atoms with Crippen molar-refractivity contribution in [2.45, 2.75) is 13.5 Å². The van der Waals surface area contributed by atoms with Crippen molar-refractivity contribution in [1.29, 1.82) is 0 Å². The minimum Gasteiger partial charge on any atom is -0.307 e. The standard InChI is InChI=1S/C12H15N3/c1-10(2)7-13-8-11-9-15-6-4-3-5-12(15)14-11/h3-6,9,13H,1,7-8H2,2H3. The van der Waals surface area contributed by atoms with E-state index in [9.17, 15) is 0 Å². The van der Waals surface area contributed by atoms with Gasteiger partial charge in [0.2, 0.25) is 0 Å². The molecule has 0 saturated carbocycles. The van der Waals surface area contributed by atoms with Crippen LogP contribution in [-0.2, 0) is 6.54 Å². The van der Waals surface area contributed by atoms with E-state index in [4.69, 9.17) is 0 Å². The lowest BCUT2D eigenvalue weighted by molar-refractivity contribution is 0.728. The minimum absolute atomic E-state index is 0.786. The molecule has 0 spiro atoms. The van der Waals surface area contributed by atoms with E-state index in [0.29, 0.717) is 0 Å². The van der Waals surface area contributed by atoms with E-state index in [-0.39, 0.29) is 0 Å². The first-order valence-corrected chi connectivity index (χ1v) is 5.03. The van der Waals surface area contributed by atoms with Crippen LogP contribution in [-0.4, -0.2) is 15.9 Å². The monoisotopic (exact) mass is 201 g/mol. The van der Waals surface area contributed by atoms with Crippen LogP contribution >= 0.6 is 0 Å². The number of imidazole rings is 1. The third kappa shape index (κ3) is 2.44. The molecular formula is C12H15N3. The van der Waals surface area contributed by atoms with Gasteiger partial charge in [-0.1, -0.05) is 18.2 Å². The van der Waals surface area contributed by atoms with Gasteiger partial charge in [-0.3, -0.25) is 0 Å². The molecule has 0 aliphatic rings. The Morgan fingerprint density at radius 2 is 2.40 bits per heavy atom. The van der Waals surface area contributed by atoms with Gasteiger partial charge >= 0.3 is 0 Å². The lowest BCUT2D eigenvalue weighted by Crippen LogP contribution is -2.15. The zero-order chi connectivity index (χ0) is 10.7. The highest BCUT2D eigenvalue weighted by Gasteiger charge is 1.99. The molecule has 0 radical (unpaired) electrons. The second kappa shape index (κ2) is 4.28. The van der Waals surface area contributed by atoms with Crippen molar-refractivity contribution < 1.29 is 0 Å². The van der Waals surface area contributed by atoms with Crippen LogP contribution in [0.25, 0.3) is 5.65 Å². The van der Waals surface area contributed by atoms with Gasteiger partial charge in [0.05, 0.1) is 5.69 Å². The van der Waals surface area contributed by atoms with Gasteiger partial charge in [-0.25, -0.2) is 4.98 Å². The number of hydrogen-bond acceptors (Lipinski definition) is 2. The van der Waals surface area contributed by atoms with Crippen LogP contribution in [0.3, 0.4) is 0 Å². The van der Waals surface area contributed by atoms with E-state index in [2.05, 4.69) is 16.9 Å². The van der Waals surface area contributed by atoms with Crippen molar-refractivity contribution in [1.82, 2.24) is 14.7 Å². The van der Waals surface area contributed by atoms with E-state index < -0.39 is 0 Å². The van der Waals surface area contributed by atoms with E-state index in [0.717, 1.165) is 30.0 Å². The van der Waals surface area contributed by atoms with Crippen molar-refractivity contribution in [3.63, 3.8) is 0 Å². The first-order valence-electron chi connectivity index (χ1n) is 5.03. The van der Waals surface area contributed by atoms with E-state index >= 15 is 0 Å². The Morgan fingerprint density at radius 3 is 3.13 bits per heavy atom. The summed E-state index contributed by atoms with van der Waals surface area (Å²) in [5.74, 6) is 0. The summed E-state index contributed by atoms with van der Waals surface area (Å²) in [5.41, 5.74) is 3.19. The average Bonchev–Trinajstić information content (AvgIpc) is 2.59. The van der Waals surface area contributed by atoms with Gasteiger partial charge in [-0.2, -0.15) is 0 Å². The summed E-state index contributed by atoms with van der Waals surface area (Å²) < 4.78 is 2.03. The zero-order valence-electron chi connectivity index (χ0n) is 8.90. The van der Waals surface area contributed by atoms with Crippen molar-refractivity contribution in [2.24, 2.45) is 0 Å². The number of nitrogens with zero attached hydrogens (tertiary/aromatic N) is 2. The number of hydrogen-bond donors (Lipinski definition) is 1. The maximum atomic E-state index is 4.48. The lowest BCUT2D eigenvalue weighted by atomic mass is 10.3. The molecule has 0 aromatic carbocycles. The predicted molar refractivity (Wildman–Crippen MR) is 61.7 cm³/mol. The Kier molecular flexibility index (Phi) is 2.83. The molecular weight excluding hydrogens is 186 g/mol. The molecule has 0 amide bonds. The first-order chi connectivity index (χ1) is 7.25. The largest absolute Gasteiger partial charge is 0.307 e. The summed E-state index contributed by atoms with van der Waals surface area (Å²) in [5, 5.41) is 3.29. The molecule has 0 aliphatic carbocycles. The minimum atomic E-state index is 0.786. The summed E-state index contributed by atoms with van der Waals surface area (Å²) >= 11 is 0. The maximum absolute atomic E-state index is 4.48. The Labute approximate surface area is 89.5 Å². The van der Waals surface area contributed by atoms with E-state index in [1.807, 2.05) is 41.9 Å². The van der Waals surface area contributed by atoms with E-state index in [1.165, 1.54) is 0 Å². The van der Waals surface area contributed by atoms with Crippen molar-refractivity contribution in [3.05, 3.63) is 48.4 Å². The number of aromatic nitrogens is 2. The van der Waals surface area contributed by atoms with Gasteiger partial charge in [-0.05, 0) is 19.1 Å². The SMILES string of the molecule is C=C(C)CNCc1cn2ccccc2n1. The second-order valence-electron chi connectivity index (χ2n) is 3.76. The highest BCUT2D eigenvalue weighted by Crippen LogP contribution is 2.03. The van der Waals surface area contributed by atoms with Gasteiger partial charge in [0.15, 0.2) is 0 Å². The van der Waals surface area contributed by atoms with Gasteiger partial charge < -0.3 is 9.72 Å². The number of pyridine rings is 1. The van der Waals surface area contributed by atoms with Crippen LogP contribution in [0.15, 0.2) is 42.7 Å². The molecule has 2 rings (SSSR count). The van der Waals surface area contributed by atoms with E-state index in [1.54, 1.807) is 0 Å². The highest BCUT2D eigenvalue weighted by molar-refractivity contribution is 5.39. The topological polar surface area (TPSA) is 29.3 Å². The molecule has 78 valence electrons. The molecule has 1 N–H and O–H groups in total. The molecule has 0 saturated heterocycles. The molecule has 0 aliphatic heterocycles. The van der Waals surface area contributed by atoms with Gasteiger partial charge in [0.1, 0.15) is 5.65 Å². The van der Waals surface area contributed by atoms with Crippen LogP contribution in [0.1, 0.15) is 12.6 Å². The summed E-state index contributed by atoms with van der Waals surface area (Å²) in [6, 6.07) is 6.00. The number of fused-ring (bicyclic) bond motifs is 1. The molecule has 3 heteroatoms. The summed E-state index contributed by atoms with van der Waals surface area (Å²) in [6.45, 7) is 7.48. The maximum Gasteiger partial charge on any atom is 0.137 e. The summed E-state index contributed by atoms with van der Waals surface area (Å²) in [4.78, 5) is 4.48. The quantitative estimate of drug-likeness (QED) is 0.767. The molecule has 2 aromatic rings. The predicted octanol–water partition coefficient (Wildman–Crippen LogP) is 2.00. The Morgan fingerprint density at radius 1 is 1.53 bits per heavy atom. The van der Waals surface area contributed by atoms with Crippen LogP contribution < -0.4 is 5.32 Å². The third-order valence-corrected chi connectivity index (χ3v) is 2.15. The second-order valence-corrected chi connectivity index (χ2v) is 3.76. The Balaban J connectivity index is 2.05. The fourth-order valence-corrected chi connectivity index (χ4v) is 1.48. The fourth-order valence-electron chi connectivity index (χ4n) is 1.48. The fraction of sp³-hybridized carbons (Fsp3) is 0.250. The normalized spacial score (nSPS) is 10.7. The molecule has 2 heterocycles. The Bertz CT molecular complexity index is 437. The van der Waals surface area contributed by atoms with Crippen LogP contribution in [0.5, 0.6) is 0 Å². The summed E-state index contributed by atoms with van der Waals surface area (Å²) in [6.07, 6.45) is 4.05. The average molecular weight is 201 g/mol. The lowest BCUT2D eigenvalue weighted by Gasteiger charge is -1.99. The smallest absolute Gasteiger partial charge is 0.137 e. The molecule has 3 nitrogen and oxygen atoms in total. The van der Waals surface area contributed by atoms with Gasteiger partial charge in [-0.15, -0.1) is 0 Å². The highest BCUT2D eigenvalue weighted by atomic mass is 15.0. The third-order valence-electron chi connectivity index (χ3n) is 2.15. The zero-order valence-corrected chi connectivity index (χ0v) is 8.90. The van der Waals surface area contributed by atoms with Crippen LogP contribution in [0.4, 0.5) is 0 Å². The molecule has 15 heavy (non-hydrogen) atoms. The molecule has 2 aromatic heterocycles. The van der Waals surface area contributed by atoms with Crippen molar-refractivity contribution >= 4 is 5.65 Å². The summed E-state index contributed by atoms with van der Waals surface area (Å²) in [7, 11) is 0. The molecule has 0 unspecified atom stereocenters. The number of nitrogens with one attached hydrogen (secondary N) is 1. The van der Waals surface area contributed by atoms with Crippen LogP contribution in [0, 0.1) is 0 Å². The van der Waals surface area contributed by atoms with Crippen molar-refractivity contribution in [3.8, 4) is 0 Å². The molecule has 0 bridgehead atoms. The first kappa shape index (κ1) is 9.93.